The minimum Gasteiger partial charge on any atom is -0.478 e. The molecule has 21 heteroatoms. The summed E-state index contributed by atoms with van der Waals surface area (Å²) in [6.45, 7) is 12.4. The zero-order valence-electron chi connectivity index (χ0n) is 37.7. The molecule has 19 nitrogen and oxygen atoms in total. The number of H-pyrrole nitrogens is 2. The summed E-state index contributed by atoms with van der Waals surface area (Å²) >= 11 is 0. The average Bonchev–Trinajstić information content (AvgIpc) is 3.88. The highest BCUT2D eigenvalue weighted by Crippen LogP contribution is 2.33. The van der Waals surface area contributed by atoms with E-state index in [1.807, 2.05) is 32.9 Å². The molecule has 0 aliphatic carbocycles. The molecule has 0 bridgehead atoms. The summed E-state index contributed by atoms with van der Waals surface area (Å²) in [6.07, 6.45) is 8.11. The first-order chi connectivity index (χ1) is 30.5. The van der Waals surface area contributed by atoms with Gasteiger partial charge in [0, 0.05) is 47.2 Å². The topological polar surface area (TPSA) is 262 Å². The Balaban J connectivity index is 0.000000203. The van der Waals surface area contributed by atoms with E-state index >= 15 is 0 Å². The number of aryl methyl sites for hydroxylation is 4. The molecule has 1 amide bonds. The van der Waals surface area contributed by atoms with Gasteiger partial charge >= 0.3 is 5.97 Å². The van der Waals surface area contributed by atoms with E-state index in [-0.39, 0.29) is 47.4 Å². The van der Waals surface area contributed by atoms with Crippen molar-refractivity contribution in [3.8, 4) is 0 Å². The van der Waals surface area contributed by atoms with Crippen LogP contribution in [0.15, 0.2) is 58.1 Å². The molecular weight excluding hydrogens is 889 g/mol. The van der Waals surface area contributed by atoms with Crippen molar-refractivity contribution in [3.63, 3.8) is 0 Å². The van der Waals surface area contributed by atoms with Crippen LogP contribution in [0.4, 0.5) is 11.4 Å². The van der Waals surface area contributed by atoms with Gasteiger partial charge in [-0.1, -0.05) is 37.1 Å². The van der Waals surface area contributed by atoms with Gasteiger partial charge in [0.1, 0.15) is 0 Å². The summed E-state index contributed by atoms with van der Waals surface area (Å²) in [5.74, 6) is -1.42. The molecule has 6 heterocycles. The third kappa shape index (κ3) is 11.9. The van der Waals surface area contributed by atoms with Gasteiger partial charge in [0.2, 0.25) is 20.0 Å². The number of piperidine rings is 2. The smallest absolute Gasteiger partial charge is 0.337 e. The molecule has 2 aliphatic heterocycles. The number of sulfonamides is 2. The highest BCUT2D eigenvalue weighted by molar-refractivity contribution is 7.92. The molecule has 0 unspecified atom stereocenters. The van der Waals surface area contributed by atoms with Crippen molar-refractivity contribution in [2.45, 2.75) is 99.6 Å². The molecule has 2 atom stereocenters. The largest absolute Gasteiger partial charge is 0.478 e. The van der Waals surface area contributed by atoms with Gasteiger partial charge in [-0.05, 0) is 104 Å². The van der Waals surface area contributed by atoms with Crippen LogP contribution in [-0.2, 0) is 20.0 Å². The fourth-order valence-corrected chi connectivity index (χ4v) is 9.00. The van der Waals surface area contributed by atoms with Gasteiger partial charge < -0.3 is 15.3 Å². The standard InChI is InChI=1S/C22H27N5O4S.C13H18N4O.C9H11NO4S.CH4/c1-13-8-9-17(25-32(4,30)31)16(11-13)22(29)26-10-6-5-7-19(26)18-12-20-23-15(3)14(2)21(28)27(20)24-18;1-8-9(2)15-12-7-11(16-17(12)13(8)18)10-5-3-4-6-14-10;1-6-3-4-8(10-15(2,13)14)7(5-6)9(11)12;/h8-9,11-12,19,24-25H,5-7,10H2,1-4H3;7,10,14,16H,3-6H2,1-2H3;3-5,10H,1-2H3,(H,11,12);1H4/t19-;10-;;/m00../s1. The molecule has 66 heavy (non-hydrogen) atoms. The van der Waals surface area contributed by atoms with Gasteiger partial charge in [0.05, 0.1) is 52.4 Å². The van der Waals surface area contributed by atoms with Crippen molar-refractivity contribution in [2.24, 2.45) is 0 Å². The molecule has 356 valence electrons. The number of fused-ring (bicyclic) bond motifs is 2. The molecule has 6 aromatic rings. The summed E-state index contributed by atoms with van der Waals surface area (Å²) in [5, 5.41) is 18.6. The second kappa shape index (κ2) is 20.5. The lowest BCUT2D eigenvalue weighted by Crippen LogP contribution is -2.39. The van der Waals surface area contributed by atoms with Crippen molar-refractivity contribution in [2.75, 3.05) is 35.0 Å². The highest BCUT2D eigenvalue weighted by Gasteiger charge is 2.32. The van der Waals surface area contributed by atoms with Crippen molar-refractivity contribution >= 4 is 54.6 Å². The lowest BCUT2D eigenvalue weighted by molar-refractivity contribution is 0.0606. The van der Waals surface area contributed by atoms with E-state index < -0.39 is 26.0 Å². The number of aromatic nitrogens is 6. The predicted octanol–water partition coefficient (Wildman–Crippen LogP) is 5.84. The maximum Gasteiger partial charge on any atom is 0.337 e. The molecule has 0 radical (unpaired) electrons. The van der Waals surface area contributed by atoms with E-state index in [4.69, 9.17) is 5.11 Å². The van der Waals surface area contributed by atoms with Crippen molar-refractivity contribution < 1.29 is 31.5 Å². The summed E-state index contributed by atoms with van der Waals surface area (Å²) < 4.78 is 53.1. The van der Waals surface area contributed by atoms with Crippen LogP contribution in [0.2, 0.25) is 0 Å². The molecular formula is C45H60N10O9S2. The van der Waals surface area contributed by atoms with Crippen molar-refractivity contribution in [1.82, 2.24) is 39.4 Å². The zero-order chi connectivity index (χ0) is 47.5. The number of benzene rings is 2. The first kappa shape index (κ1) is 50.7. The predicted molar refractivity (Wildman–Crippen MR) is 256 cm³/mol. The van der Waals surface area contributed by atoms with Gasteiger partial charge in [-0.3, -0.25) is 34.0 Å². The number of amides is 1. The Morgan fingerprint density at radius 1 is 0.682 bits per heavy atom. The number of hydrogen-bond donors (Lipinski definition) is 6. The fraction of sp³-hybridized carbons (Fsp3) is 0.422. The van der Waals surface area contributed by atoms with Crippen LogP contribution in [-0.4, -0.2) is 93.5 Å². The van der Waals surface area contributed by atoms with E-state index in [1.165, 1.54) is 29.5 Å². The third-order valence-corrected chi connectivity index (χ3v) is 12.6. The SMILES string of the molecule is C.Cc1ccc(NS(C)(=O)=O)c(C(=O)N2CCCC[C@H]2c2cc3nc(C)c(C)c(=O)n3[nH]2)c1.Cc1ccc(NS(C)(=O)=O)c(C(=O)O)c1.Cc1nc2cc([C@@H]3CCCCN3)[nH]n2c(=O)c1C. The molecule has 6 N–H and O–H groups in total. The average molecular weight is 949 g/mol. The second-order valence-electron chi connectivity index (χ2n) is 16.7. The zero-order valence-corrected chi connectivity index (χ0v) is 39.3. The van der Waals surface area contributed by atoms with Crippen LogP contribution in [0, 0.1) is 41.5 Å². The van der Waals surface area contributed by atoms with Gasteiger partial charge in [0.15, 0.2) is 11.3 Å². The molecule has 2 aliphatic rings. The van der Waals surface area contributed by atoms with Crippen molar-refractivity contribution in [1.29, 1.82) is 0 Å². The Bertz CT molecular complexity index is 3130. The van der Waals surface area contributed by atoms with Gasteiger partial charge in [-0.15, -0.1) is 0 Å². The molecule has 2 aromatic carbocycles. The number of aromatic carboxylic acids is 1. The number of nitrogens with one attached hydrogen (secondary N) is 5. The quantitative estimate of drug-likeness (QED) is 0.105. The minimum absolute atomic E-state index is 0. The number of carboxylic acid groups (broad SMARTS) is 1. The normalized spacial score (nSPS) is 16.3. The first-order valence-electron chi connectivity index (χ1n) is 21.1. The van der Waals surface area contributed by atoms with Crippen LogP contribution in [0.5, 0.6) is 0 Å². The Morgan fingerprint density at radius 3 is 1.67 bits per heavy atom. The van der Waals surface area contributed by atoms with Gasteiger partial charge in [-0.2, -0.15) is 0 Å². The Kier molecular flexibility index (Phi) is 15.7. The molecule has 2 fully saturated rings. The number of hydrogen-bond acceptors (Lipinski definition) is 11. The van der Waals surface area contributed by atoms with Gasteiger partial charge in [-0.25, -0.2) is 40.6 Å². The number of nitrogens with zero attached hydrogens (tertiary/aromatic N) is 5. The van der Waals surface area contributed by atoms with E-state index in [9.17, 15) is 36.0 Å². The Hall–Kier alpha value is -6.32. The molecule has 4 aromatic heterocycles. The van der Waals surface area contributed by atoms with E-state index in [1.54, 1.807) is 54.5 Å². The summed E-state index contributed by atoms with van der Waals surface area (Å²) in [4.78, 5) is 59.9. The Morgan fingerprint density at radius 2 is 1.17 bits per heavy atom. The van der Waals surface area contributed by atoms with Gasteiger partial charge in [0.25, 0.3) is 17.0 Å². The summed E-state index contributed by atoms with van der Waals surface area (Å²) in [6, 6.07) is 13.4. The number of aromatic amines is 2. The number of rotatable bonds is 8. The van der Waals surface area contributed by atoms with Crippen LogP contribution in [0.3, 0.4) is 0 Å². The third-order valence-electron chi connectivity index (χ3n) is 11.4. The van der Waals surface area contributed by atoms with E-state index in [0.29, 0.717) is 46.3 Å². The molecule has 8 rings (SSSR count). The molecule has 0 saturated carbocycles. The van der Waals surface area contributed by atoms with Crippen molar-refractivity contribution in [3.05, 3.63) is 125 Å². The number of carbonyl (C=O) groups excluding carboxylic acids is 1. The molecule has 0 spiro atoms. The van der Waals surface area contributed by atoms with Crippen LogP contribution >= 0.6 is 0 Å². The lowest BCUT2D eigenvalue weighted by Gasteiger charge is -2.35. The number of carbonyl (C=O) groups is 2. The fourth-order valence-electron chi connectivity index (χ4n) is 7.84. The maximum atomic E-state index is 13.6. The monoisotopic (exact) mass is 948 g/mol. The summed E-state index contributed by atoms with van der Waals surface area (Å²) in [5.41, 5.74) is 7.82. The number of anilines is 2. The minimum atomic E-state index is -3.55. The number of carboxylic acids is 1. The van der Waals surface area contributed by atoms with Crippen LogP contribution < -0.4 is 25.9 Å². The highest BCUT2D eigenvalue weighted by atomic mass is 32.2. The maximum absolute atomic E-state index is 13.6. The first-order valence-corrected chi connectivity index (χ1v) is 24.9. The summed E-state index contributed by atoms with van der Waals surface area (Å²) in [7, 11) is -7.01. The number of likely N-dealkylation sites (tertiary alicyclic amines) is 1. The lowest BCUT2D eigenvalue weighted by atomic mass is 9.97. The van der Waals surface area contributed by atoms with E-state index in [0.717, 1.165) is 72.9 Å². The van der Waals surface area contributed by atoms with Crippen LogP contribution in [0.25, 0.3) is 11.3 Å². The van der Waals surface area contributed by atoms with E-state index in [2.05, 4.69) is 34.9 Å². The second-order valence-corrected chi connectivity index (χ2v) is 20.2. The Labute approximate surface area is 384 Å². The van der Waals surface area contributed by atoms with Crippen LogP contribution in [0.1, 0.15) is 124 Å². The molecule has 2 saturated heterocycles.